The summed E-state index contributed by atoms with van der Waals surface area (Å²) in [4.78, 5) is 12.1. The van der Waals surface area contributed by atoms with Crippen LogP contribution in [0.4, 0.5) is 0 Å². The fourth-order valence-corrected chi connectivity index (χ4v) is 2.75. The molecule has 0 saturated heterocycles. The van der Waals surface area contributed by atoms with Crippen molar-refractivity contribution in [3.63, 3.8) is 0 Å². The van der Waals surface area contributed by atoms with E-state index in [2.05, 4.69) is 0 Å². The average Bonchev–Trinajstić information content (AvgIpc) is 2.66. The summed E-state index contributed by atoms with van der Waals surface area (Å²) in [5.74, 6) is -0.573. The SMILES string of the molecule is CC(C)C[C@@H](O)[C@](C)(OCc1ccc(-c2ccccc2)cc1)C(=O)NO. The minimum atomic E-state index is -1.53. The monoisotopic (exact) mass is 357 g/mol. The van der Waals surface area contributed by atoms with E-state index in [1.807, 2.05) is 68.4 Å². The van der Waals surface area contributed by atoms with Gasteiger partial charge in [0, 0.05) is 0 Å². The first-order chi connectivity index (χ1) is 12.4. The van der Waals surface area contributed by atoms with E-state index in [1.165, 1.54) is 6.92 Å². The number of amides is 1. The lowest BCUT2D eigenvalue weighted by Gasteiger charge is -2.33. The van der Waals surface area contributed by atoms with Crippen molar-refractivity contribution >= 4 is 5.91 Å². The predicted octanol–water partition coefficient (Wildman–Crippen LogP) is 3.54. The molecule has 0 aliphatic carbocycles. The van der Waals surface area contributed by atoms with Gasteiger partial charge in [-0.2, -0.15) is 0 Å². The molecule has 2 aromatic carbocycles. The molecule has 0 saturated carbocycles. The molecule has 1 amide bonds. The van der Waals surface area contributed by atoms with Crippen molar-refractivity contribution in [3.05, 3.63) is 60.2 Å². The van der Waals surface area contributed by atoms with Gasteiger partial charge in [0.15, 0.2) is 5.60 Å². The Bertz CT molecular complexity index is 700. The van der Waals surface area contributed by atoms with Gasteiger partial charge >= 0.3 is 0 Å². The Labute approximate surface area is 154 Å². The zero-order valence-electron chi connectivity index (χ0n) is 15.5. The molecular formula is C21H27NO4. The van der Waals surface area contributed by atoms with E-state index in [-0.39, 0.29) is 12.5 Å². The average molecular weight is 357 g/mol. The van der Waals surface area contributed by atoms with Gasteiger partial charge in [0.05, 0.1) is 12.7 Å². The number of aliphatic hydroxyl groups excluding tert-OH is 1. The topological polar surface area (TPSA) is 78.8 Å². The summed E-state index contributed by atoms with van der Waals surface area (Å²) in [6.45, 7) is 5.53. The van der Waals surface area contributed by atoms with Crippen molar-refractivity contribution < 1.29 is 19.8 Å². The Balaban J connectivity index is 2.09. The molecule has 0 unspecified atom stereocenters. The predicted molar refractivity (Wildman–Crippen MR) is 100 cm³/mol. The highest BCUT2D eigenvalue weighted by molar-refractivity contribution is 5.84. The zero-order valence-corrected chi connectivity index (χ0v) is 15.5. The minimum Gasteiger partial charge on any atom is -0.390 e. The Morgan fingerprint density at radius 3 is 2.19 bits per heavy atom. The van der Waals surface area contributed by atoms with E-state index in [9.17, 15) is 9.90 Å². The van der Waals surface area contributed by atoms with Crippen molar-refractivity contribution in [1.82, 2.24) is 5.48 Å². The quantitative estimate of drug-likeness (QED) is 0.499. The third kappa shape index (κ3) is 4.91. The second-order valence-corrected chi connectivity index (χ2v) is 7.04. The highest BCUT2D eigenvalue weighted by Crippen LogP contribution is 2.25. The molecule has 5 nitrogen and oxygen atoms in total. The number of benzene rings is 2. The maximum absolute atomic E-state index is 12.1. The number of hydroxylamine groups is 1. The van der Waals surface area contributed by atoms with E-state index >= 15 is 0 Å². The normalized spacial score (nSPS) is 14.7. The summed E-state index contributed by atoms with van der Waals surface area (Å²) in [6, 6.07) is 17.9. The number of rotatable bonds is 8. The number of aliphatic hydroxyl groups is 1. The smallest absolute Gasteiger partial charge is 0.277 e. The van der Waals surface area contributed by atoms with Crippen LogP contribution in [0.5, 0.6) is 0 Å². The third-order valence-electron chi connectivity index (χ3n) is 4.48. The summed E-state index contributed by atoms with van der Waals surface area (Å²) in [5, 5.41) is 19.4. The van der Waals surface area contributed by atoms with Crippen molar-refractivity contribution in [2.45, 2.75) is 45.5 Å². The summed E-state index contributed by atoms with van der Waals surface area (Å²) in [7, 11) is 0. The van der Waals surface area contributed by atoms with E-state index in [0.29, 0.717) is 6.42 Å². The third-order valence-corrected chi connectivity index (χ3v) is 4.48. The van der Waals surface area contributed by atoms with Gasteiger partial charge in [-0.1, -0.05) is 68.4 Å². The van der Waals surface area contributed by atoms with Gasteiger partial charge in [0.2, 0.25) is 0 Å². The van der Waals surface area contributed by atoms with Gasteiger partial charge in [-0.25, -0.2) is 5.48 Å². The summed E-state index contributed by atoms with van der Waals surface area (Å²) in [5.41, 5.74) is 3.16. The lowest BCUT2D eigenvalue weighted by Crippen LogP contribution is -2.54. The number of carbonyl (C=O) groups excluding carboxylic acids is 1. The van der Waals surface area contributed by atoms with Crippen LogP contribution in [-0.4, -0.2) is 27.9 Å². The number of nitrogens with one attached hydrogen (secondary N) is 1. The van der Waals surface area contributed by atoms with E-state index in [0.717, 1.165) is 16.7 Å². The summed E-state index contributed by atoms with van der Waals surface area (Å²) >= 11 is 0. The lowest BCUT2D eigenvalue weighted by molar-refractivity contribution is -0.174. The van der Waals surface area contributed by atoms with E-state index < -0.39 is 17.6 Å². The van der Waals surface area contributed by atoms with Gasteiger partial charge in [-0.3, -0.25) is 10.0 Å². The van der Waals surface area contributed by atoms with Crippen LogP contribution in [0.1, 0.15) is 32.8 Å². The van der Waals surface area contributed by atoms with Crippen LogP contribution >= 0.6 is 0 Å². The van der Waals surface area contributed by atoms with Crippen LogP contribution in [-0.2, 0) is 16.1 Å². The number of ether oxygens (including phenoxy) is 1. The summed E-state index contributed by atoms with van der Waals surface area (Å²) in [6.07, 6.45) is -0.644. The Morgan fingerprint density at radius 2 is 1.65 bits per heavy atom. The Hall–Kier alpha value is -2.21. The van der Waals surface area contributed by atoms with Gasteiger partial charge in [0.25, 0.3) is 5.91 Å². The fourth-order valence-electron chi connectivity index (χ4n) is 2.75. The summed E-state index contributed by atoms with van der Waals surface area (Å²) < 4.78 is 5.75. The first-order valence-corrected chi connectivity index (χ1v) is 8.77. The molecule has 3 N–H and O–H groups in total. The van der Waals surface area contributed by atoms with Crippen LogP contribution in [0.15, 0.2) is 54.6 Å². The van der Waals surface area contributed by atoms with Crippen molar-refractivity contribution in [2.75, 3.05) is 0 Å². The van der Waals surface area contributed by atoms with Crippen molar-refractivity contribution in [3.8, 4) is 11.1 Å². The highest BCUT2D eigenvalue weighted by Gasteiger charge is 2.42. The standard InChI is InChI=1S/C21H27NO4/c1-15(2)13-19(23)21(3,20(24)22-25)26-14-16-9-11-18(12-10-16)17-7-5-4-6-8-17/h4-12,15,19,23,25H,13-14H2,1-3H3,(H,22,24)/t19-,21+/m1/s1. The maximum Gasteiger partial charge on any atom is 0.277 e. The molecule has 0 aromatic heterocycles. The molecule has 0 spiro atoms. The van der Waals surface area contributed by atoms with Crippen LogP contribution in [0.2, 0.25) is 0 Å². The molecule has 2 atom stereocenters. The number of hydrogen-bond donors (Lipinski definition) is 3. The molecule has 0 heterocycles. The van der Waals surface area contributed by atoms with Gasteiger partial charge in [0.1, 0.15) is 0 Å². The molecule has 0 fully saturated rings. The molecule has 2 aromatic rings. The molecule has 140 valence electrons. The van der Waals surface area contributed by atoms with Crippen molar-refractivity contribution in [1.29, 1.82) is 0 Å². The largest absolute Gasteiger partial charge is 0.390 e. The lowest BCUT2D eigenvalue weighted by atomic mass is 9.91. The van der Waals surface area contributed by atoms with E-state index in [4.69, 9.17) is 9.94 Å². The molecule has 0 bridgehead atoms. The molecular weight excluding hydrogens is 330 g/mol. The first kappa shape index (κ1) is 20.1. The Kier molecular flexibility index (Phi) is 6.91. The van der Waals surface area contributed by atoms with Crippen LogP contribution in [0.25, 0.3) is 11.1 Å². The van der Waals surface area contributed by atoms with Gasteiger partial charge in [-0.05, 0) is 36.0 Å². The van der Waals surface area contributed by atoms with Crippen molar-refractivity contribution in [2.24, 2.45) is 5.92 Å². The highest BCUT2D eigenvalue weighted by atomic mass is 16.5. The fraction of sp³-hybridized carbons (Fsp3) is 0.381. The second kappa shape index (κ2) is 8.94. The molecule has 2 rings (SSSR count). The number of hydrogen-bond acceptors (Lipinski definition) is 4. The van der Waals surface area contributed by atoms with Crippen LogP contribution < -0.4 is 5.48 Å². The molecule has 5 heteroatoms. The van der Waals surface area contributed by atoms with Gasteiger partial charge in [-0.15, -0.1) is 0 Å². The molecule has 0 aliphatic heterocycles. The zero-order chi connectivity index (χ0) is 19.2. The molecule has 0 radical (unpaired) electrons. The molecule has 0 aliphatic rings. The first-order valence-electron chi connectivity index (χ1n) is 8.77. The van der Waals surface area contributed by atoms with Crippen LogP contribution in [0, 0.1) is 5.92 Å². The maximum atomic E-state index is 12.1. The molecule has 26 heavy (non-hydrogen) atoms. The second-order valence-electron chi connectivity index (χ2n) is 7.04. The Morgan fingerprint density at radius 1 is 1.08 bits per heavy atom. The van der Waals surface area contributed by atoms with Gasteiger partial charge < -0.3 is 9.84 Å². The number of carbonyl (C=O) groups is 1. The van der Waals surface area contributed by atoms with E-state index in [1.54, 1.807) is 5.48 Å². The van der Waals surface area contributed by atoms with Crippen LogP contribution in [0.3, 0.4) is 0 Å². The minimum absolute atomic E-state index is 0.147.